The highest BCUT2D eigenvalue weighted by Gasteiger charge is 2.36. The second-order valence-electron chi connectivity index (χ2n) is 8.94. The number of aryl methyl sites for hydroxylation is 1. The smallest absolute Gasteiger partial charge is 0.310 e. The summed E-state index contributed by atoms with van der Waals surface area (Å²) in [5, 5.41) is 3.71. The van der Waals surface area contributed by atoms with Crippen molar-refractivity contribution in [1.82, 2.24) is 9.47 Å². The van der Waals surface area contributed by atoms with Gasteiger partial charge in [0.2, 0.25) is 0 Å². The molecule has 0 spiro atoms. The van der Waals surface area contributed by atoms with Crippen LogP contribution < -0.4 is 5.32 Å². The van der Waals surface area contributed by atoms with Gasteiger partial charge in [0.15, 0.2) is 0 Å². The fourth-order valence-corrected chi connectivity index (χ4v) is 6.62. The highest BCUT2D eigenvalue weighted by Crippen LogP contribution is 2.44. The maximum atomic E-state index is 14.4. The molecule has 1 atom stereocenters. The van der Waals surface area contributed by atoms with Crippen molar-refractivity contribution in [3.05, 3.63) is 106 Å². The van der Waals surface area contributed by atoms with Gasteiger partial charge in [-0.3, -0.25) is 0 Å². The molecule has 0 bridgehead atoms. The summed E-state index contributed by atoms with van der Waals surface area (Å²) < 4.78 is 45.1. The quantitative estimate of drug-likeness (QED) is 0.322. The van der Waals surface area contributed by atoms with Crippen LogP contribution in [0.3, 0.4) is 0 Å². The van der Waals surface area contributed by atoms with Crippen LogP contribution in [0.5, 0.6) is 0 Å². The number of amides is 2. The van der Waals surface area contributed by atoms with Gasteiger partial charge in [-0.1, -0.05) is 12.1 Å². The molecule has 2 aromatic heterocycles. The number of anilines is 1. The third-order valence-corrected chi connectivity index (χ3v) is 8.09. The Balaban J connectivity index is 1.53. The molecular formula is C27H22F3N3OS. The van der Waals surface area contributed by atoms with Crippen LogP contribution in [0.25, 0.3) is 5.00 Å². The Labute approximate surface area is 204 Å². The minimum Gasteiger partial charge on any atom is -0.310 e. The van der Waals surface area contributed by atoms with Gasteiger partial charge < -0.3 is 14.8 Å². The SMILES string of the molecule is O=C(Nc1ccccc1F)N1Cc2c(sc3c2CCCC3)-n2cccc2C1c1cc(F)cc(F)c1. The summed E-state index contributed by atoms with van der Waals surface area (Å²) in [6.45, 7) is 0.242. The van der Waals surface area contributed by atoms with Gasteiger partial charge in [0.25, 0.3) is 0 Å². The largest absolute Gasteiger partial charge is 0.323 e. The van der Waals surface area contributed by atoms with Gasteiger partial charge in [-0.15, -0.1) is 11.3 Å². The van der Waals surface area contributed by atoms with E-state index in [1.807, 2.05) is 22.9 Å². The lowest BCUT2D eigenvalue weighted by molar-refractivity contribution is 0.194. The van der Waals surface area contributed by atoms with E-state index in [0.717, 1.165) is 48.0 Å². The van der Waals surface area contributed by atoms with Crippen molar-refractivity contribution < 1.29 is 18.0 Å². The van der Waals surface area contributed by atoms with Crippen molar-refractivity contribution in [3.8, 4) is 5.00 Å². The van der Waals surface area contributed by atoms with Crippen LogP contribution in [0, 0.1) is 17.5 Å². The molecule has 178 valence electrons. The Hall–Kier alpha value is -3.52. The molecule has 0 saturated heterocycles. The van der Waals surface area contributed by atoms with E-state index >= 15 is 0 Å². The monoisotopic (exact) mass is 493 g/mol. The zero-order chi connectivity index (χ0) is 24.1. The van der Waals surface area contributed by atoms with Gasteiger partial charge >= 0.3 is 6.03 Å². The van der Waals surface area contributed by atoms with Crippen LogP contribution in [0.2, 0.25) is 0 Å². The highest BCUT2D eigenvalue weighted by molar-refractivity contribution is 7.15. The maximum Gasteiger partial charge on any atom is 0.323 e. The van der Waals surface area contributed by atoms with Crippen molar-refractivity contribution in [1.29, 1.82) is 0 Å². The number of carbonyl (C=O) groups excluding carboxylic acids is 1. The lowest BCUT2D eigenvalue weighted by atomic mass is 9.95. The number of nitrogens with one attached hydrogen (secondary N) is 1. The fraction of sp³-hybridized carbons (Fsp3) is 0.222. The lowest BCUT2D eigenvalue weighted by Crippen LogP contribution is -2.38. The van der Waals surface area contributed by atoms with Gasteiger partial charge in [-0.2, -0.15) is 0 Å². The normalized spacial score (nSPS) is 16.8. The molecule has 4 aromatic rings. The Morgan fingerprint density at radius 2 is 1.71 bits per heavy atom. The van der Waals surface area contributed by atoms with Gasteiger partial charge in [-0.25, -0.2) is 18.0 Å². The summed E-state index contributed by atoms with van der Waals surface area (Å²) >= 11 is 1.72. The summed E-state index contributed by atoms with van der Waals surface area (Å²) in [6, 6.07) is 11.7. The molecule has 0 saturated carbocycles. The molecule has 2 amide bonds. The molecule has 0 fully saturated rings. The Bertz CT molecular complexity index is 1420. The molecule has 6 rings (SSSR count). The molecule has 1 aliphatic carbocycles. The van der Waals surface area contributed by atoms with Crippen molar-refractivity contribution in [2.24, 2.45) is 0 Å². The minimum atomic E-state index is -0.777. The van der Waals surface area contributed by atoms with Crippen LogP contribution in [0.15, 0.2) is 60.8 Å². The zero-order valence-electron chi connectivity index (χ0n) is 18.7. The predicted octanol–water partition coefficient (Wildman–Crippen LogP) is 6.97. The van der Waals surface area contributed by atoms with Gasteiger partial charge in [0.05, 0.1) is 17.9 Å². The first-order valence-electron chi connectivity index (χ1n) is 11.6. The van der Waals surface area contributed by atoms with E-state index in [-0.39, 0.29) is 12.2 Å². The number of fused-ring (bicyclic) bond motifs is 5. The highest BCUT2D eigenvalue weighted by atomic mass is 32.1. The van der Waals surface area contributed by atoms with E-state index in [0.29, 0.717) is 5.56 Å². The number of urea groups is 1. The van der Waals surface area contributed by atoms with Crippen molar-refractivity contribution in [2.75, 3.05) is 5.32 Å². The molecule has 1 aliphatic heterocycles. The topological polar surface area (TPSA) is 37.3 Å². The molecule has 2 aromatic carbocycles. The average Bonchev–Trinajstić information content (AvgIpc) is 3.41. The molecule has 35 heavy (non-hydrogen) atoms. The second kappa shape index (κ2) is 8.61. The first kappa shape index (κ1) is 22.0. The van der Waals surface area contributed by atoms with Crippen molar-refractivity contribution >= 4 is 23.1 Å². The molecule has 0 radical (unpaired) electrons. The van der Waals surface area contributed by atoms with Gasteiger partial charge in [0.1, 0.15) is 28.5 Å². The molecule has 1 N–H and O–H groups in total. The van der Waals surface area contributed by atoms with Crippen LogP contribution in [0.4, 0.5) is 23.7 Å². The summed E-state index contributed by atoms with van der Waals surface area (Å²) in [6.07, 6.45) is 6.07. The van der Waals surface area contributed by atoms with E-state index in [2.05, 4.69) is 5.32 Å². The Kier molecular flexibility index (Phi) is 5.40. The zero-order valence-corrected chi connectivity index (χ0v) is 19.5. The summed E-state index contributed by atoms with van der Waals surface area (Å²) in [5.74, 6) is -1.99. The van der Waals surface area contributed by atoms with E-state index in [4.69, 9.17) is 0 Å². The standard InChI is InChI=1S/C27H22F3N3OS/c28-17-12-16(13-18(29)14-17)25-23-9-5-11-32(23)26-20(19-6-1-4-10-24(19)35-26)15-33(25)27(34)31-22-8-3-2-7-21(22)30/h2-3,5,7-9,11-14,25H,1,4,6,10,15H2,(H,31,34). The molecule has 3 heterocycles. The summed E-state index contributed by atoms with van der Waals surface area (Å²) in [5.41, 5.74) is 3.39. The number of thiophene rings is 1. The molecule has 8 heteroatoms. The van der Waals surface area contributed by atoms with E-state index < -0.39 is 29.5 Å². The number of aromatic nitrogens is 1. The number of benzene rings is 2. The van der Waals surface area contributed by atoms with Crippen molar-refractivity contribution in [2.45, 2.75) is 38.3 Å². The minimum absolute atomic E-state index is 0.0499. The van der Waals surface area contributed by atoms with Gasteiger partial charge in [-0.05, 0) is 73.2 Å². The van der Waals surface area contributed by atoms with Crippen LogP contribution in [0.1, 0.15) is 46.1 Å². The second-order valence-corrected chi connectivity index (χ2v) is 10.0. The summed E-state index contributed by atoms with van der Waals surface area (Å²) in [7, 11) is 0. The van der Waals surface area contributed by atoms with Crippen molar-refractivity contribution in [3.63, 3.8) is 0 Å². The van der Waals surface area contributed by atoms with Crippen LogP contribution in [-0.2, 0) is 19.4 Å². The number of para-hydroxylation sites is 1. The summed E-state index contributed by atoms with van der Waals surface area (Å²) in [4.78, 5) is 16.6. The predicted molar refractivity (Wildman–Crippen MR) is 129 cm³/mol. The number of nitrogens with zero attached hydrogens (tertiary/aromatic N) is 2. The average molecular weight is 494 g/mol. The first-order valence-corrected chi connectivity index (χ1v) is 12.4. The number of rotatable bonds is 2. The van der Waals surface area contributed by atoms with Crippen LogP contribution in [-0.4, -0.2) is 15.5 Å². The molecular weight excluding hydrogens is 471 g/mol. The third-order valence-electron chi connectivity index (χ3n) is 6.76. The molecule has 4 nitrogen and oxygen atoms in total. The fourth-order valence-electron chi connectivity index (χ4n) is 5.22. The molecule has 2 aliphatic rings. The Morgan fingerprint density at radius 1 is 0.943 bits per heavy atom. The Morgan fingerprint density at radius 3 is 2.51 bits per heavy atom. The first-order chi connectivity index (χ1) is 17.0. The lowest BCUT2D eigenvalue weighted by Gasteiger charge is -2.31. The maximum absolute atomic E-state index is 14.4. The van der Waals surface area contributed by atoms with E-state index in [9.17, 15) is 18.0 Å². The third kappa shape index (κ3) is 3.82. The van der Waals surface area contributed by atoms with Crippen LogP contribution >= 0.6 is 11.3 Å². The number of halogens is 3. The van der Waals surface area contributed by atoms with E-state index in [1.165, 1.54) is 34.7 Å². The number of hydrogen-bond acceptors (Lipinski definition) is 2. The number of hydrogen-bond donors (Lipinski definition) is 1. The van der Waals surface area contributed by atoms with Gasteiger partial charge in [0, 0.05) is 22.7 Å². The number of carbonyl (C=O) groups is 1. The molecule has 1 unspecified atom stereocenters. The van der Waals surface area contributed by atoms with E-state index in [1.54, 1.807) is 28.4 Å².